The van der Waals surface area contributed by atoms with Crippen LogP contribution in [0.1, 0.15) is 40.5 Å². The van der Waals surface area contributed by atoms with Crippen LogP contribution in [0, 0.1) is 5.92 Å². The third-order valence-electron chi connectivity index (χ3n) is 6.03. The quantitative estimate of drug-likeness (QED) is 0.509. The first-order valence-electron chi connectivity index (χ1n) is 11.9. The molecule has 3 aromatic rings. The Kier molecular flexibility index (Phi) is 7.19. The molecule has 3 heterocycles. The normalized spacial score (nSPS) is 18.1. The maximum atomic E-state index is 12.1. The topological polar surface area (TPSA) is 131 Å². The maximum absolute atomic E-state index is 12.1. The molecule has 1 aliphatic rings. The van der Waals surface area contributed by atoms with Gasteiger partial charge < -0.3 is 10.1 Å². The summed E-state index contributed by atoms with van der Waals surface area (Å²) in [5.74, 6) is 1.25. The Hall–Kier alpha value is -3.25. The number of carbonyl (C=O) groups excluding carboxylic acids is 1. The summed E-state index contributed by atoms with van der Waals surface area (Å²) in [5, 5.41) is 6.07. The Morgan fingerprint density at radius 3 is 2.72 bits per heavy atom. The molecule has 1 fully saturated rings. The highest BCUT2D eigenvalue weighted by atomic mass is 32.2. The Morgan fingerprint density at radius 2 is 2.00 bits per heavy atom. The van der Waals surface area contributed by atoms with Crippen molar-refractivity contribution >= 4 is 38.8 Å². The monoisotopic (exact) mass is 515 g/mol. The van der Waals surface area contributed by atoms with Crippen molar-refractivity contribution in [1.82, 2.24) is 23.8 Å². The van der Waals surface area contributed by atoms with Crippen LogP contribution < -0.4 is 10.6 Å². The van der Waals surface area contributed by atoms with E-state index in [0.717, 1.165) is 18.4 Å². The van der Waals surface area contributed by atoms with Gasteiger partial charge in [-0.1, -0.05) is 0 Å². The van der Waals surface area contributed by atoms with Gasteiger partial charge in [-0.25, -0.2) is 27.5 Å². The summed E-state index contributed by atoms with van der Waals surface area (Å²) in [7, 11) is -3.21. The van der Waals surface area contributed by atoms with Crippen LogP contribution in [-0.4, -0.2) is 69.3 Å². The molecule has 4 rings (SSSR count). The molecule has 11 nitrogen and oxygen atoms in total. The van der Waals surface area contributed by atoms with Crippen LogP contribution in [0.4, 0.5) is 16.4 Å². The summed E-state index contributed by atoms with van der Waals surface area (Å²) in [6.07, 6.45) is 5.84. The van der Waals surface area contributed by atoms with Gasteiger partial charge in [0.15, 0.2) is 0 Å². The van der Waals surface area contributed by atoms with Gasteiger partial charge in [0.2, 0.25) is 16.0 Å². The van der Waals surface area contributed by atoms with Crippen molar-refractivity contribution in [3.63, 3.8) is 0 Å². The molecule has 1 amide bonds. The molecule has 0 radical (unpaired) electrons. The number of hydrogen-bond donors (Lipinski definition) is 2. The fourth-order valence-electron chi connectivity index (χ4n) is 4.25. The number of imidazole rings is 1. The average Bonchev–Trinajstić information content (AvgIpc) is 3.21. The molecule has 0 saturated carbocycles. The zero-order chi connectivity index (χ0) is 26.1. The minimum Gasteiger partial charge on any atom is -0.444 e. The van der Waals surface area contributed by atoms with E-state index in [2.05, 4.69) is 25.6 Å². The number of fused-ring (bicyclic) bond motifs is 1. The second-order valence-electron chi connectivity index (χ2n) is 10.1. The highest BCUT2D eigenvalue weighted by Gasteiger charge is 2.29. The summed E-state index contributed by atoms with van der Waals surface area (Å²) in [6.45, 7) is 8.50. The van der Waals surface area contributed by atoms with Crippen molar-refractivity contribution in [3.8, 4) is 5.82 Å². The lowest BCUT2D eigenvalue weighted by atomic mass is 9.93. The molecule has 0 aliphatic carbocycles. The fraction of sp³-hybridized carbons (Fsp3) is 0.500. The van der Waals surface area contributed by atoms with E-state index in [-0.39, 0.29) is 12.0 Å². The molecular formula is C24H33N7O4S. The summed E-state index contributed by atoms with van der Waals surface area (Å²) >= 11 is 0. The van der Waals surface area contributed by atoms with Crippen LogP contribution in [0.3, 0.4) is 0 Å². The van der Waals surface area contributed by atoms with E-state index in [1.54, 1.807) is 35.0 Å². The number of piperidine rings is 1. The van der Waals surface area contributed by atoms with Crippen molar-refractivity contribution in [2.45, 2.75) is 52.2 Å². The van der Waals surface area contributed by atoms with Gasteiger partial charge in [0.1, 0.15) is 17.7 Å². The number of carbonyl (C=O) groups is 1. The number of aromatic nitrogens is 4. The third kappa shape index (κ3) is 6.30. The third-order valence-corrected chi connectivity index (χ3v) is 7.30. The van der Waals surface area contributed by atoms with Crippen molar-refractivity contribution in [2.75, 3.05) is 30.0 Å². The van der Waals surface area contributed by atoms with E-state index < -0.39 is 21.7 Å². The van der Waals surface area contributed by atoms with Crippen LogP contribution in [-0.2, 0) is 14.8 Å². The molecule has 2 unspecified atom stereocenters. The fourth-order valence-corrected chi connectivity index (χ4v) is 5.18. The minimum absolute atomic E-state index is 0.00850. The Bertz CT molecular complexity index is 1350. The number of benzene rings is 1. The highest BCUT2D eigenvalue weighted by molar-refractivity contribution is 7.88. The van der Waals surface area contributed by atoms with E-state index in [4.69, 9.17) is 4.74 Å². The smallest absolute Gasteiger partial charge is 0.412 e. The van der Waals surface area contributed by atoms with E-state index >= 15 is 0 Å². The zero-order valence-electron chi connectivity index (χ0n) is 21.2. The first-order chi connectivity index (χ1) is 16.9. The number of sulfonamides is 1. The van der Waals surface area contributed by atoms with Crippen molar-refractivity contribution in [3.05, 3.63) is 36.8 Å². The molecule has 0 bridgehead atoms. The second-order valence-corrected chi connectivity index (χ2v) is 12.1. The predicted molar refractivity (Wildman–Crippen MR) is 139 cm³/mol. The lowest BCUT2D eigenvalue weighted by Gasteiger charge is -2.34. The first-order valence-corrected chi connectivity index (χ1v) is 13.8. The summed E-state index contributed by atoms with van der Waals surface area (Å²) in [4.78, 5) is 25.6. The van der Waals surface area contributed by atoms with E-state index in [1.165, 1.54) is 6.26 Å². The number of ether oxygens (including phenoxy) is 1. The number of nitrogens with one attached hydrogen (secondary N) is 2. The lowest BCUT2D eigenvalue weighted by molar-refractivity contribution is 0.0636. The molecule has 0 spiro atoms. The van der Waals surface area contributed by atoms with Crippen LogP contribution in [0.2, 0.25) is 0 Å². The van der Waals surface area contributed by atoms with E-state index in [0.29, 0.717) is 36.1 Å². The van der Waals surface area contributed by atoms with E-state index in [1.807, 2.05) is 38.3 Å². The molecule has 1 aliphatic heterocycles. The van der Waals surface area contributed by atoms with Gasteiger partial charge in [-0.15, -0.1) is 0 Å². The summed E-state index contributed by atoms with van der Waals surface area (Å²) in [5.41, 5.74) is 1.50. The van der Waals surface area contributed by atoms with Crippen LogP contribution in [0.25, 0.3) is 16.9 Å². The molecule has 1 aromatic carbocycles. The SMILES string of the molecule is CC(Nc1nccc(-n2cnc3cc(NC(=O)OC(C)(C)C)ccc32)n1)C1CCCN(S(C)(=O)=O)C1. The summed E-state index contributed by atoms with van der Waals surface area (Å²) in [6, 6.07) is 7.19. The van der Waals surface area contributed by atoms with Crippen molar-refractivity contribution in [2.24, 2.45) is 5.92 Å². The number of nitrogens with zero attached hydrogens (tertiary/aromatic N) is 5. The van der Waals surface area contributed by atoms with Gasteiger partial charge in [0.25, 0.3) is 0 Å². The number of amides is 1. The maximum Gasteiger partial charge on any atom is 0.412 e. The highest BCUT2D eigenvalue weighted by Crippen LogP contribution is 2.25. The van der Waals surface area contributed by atoms with Gasteiger partial charge in [0.05, 0.1) is 17.3 Å². The Labute approximate surface area is 211 Å². The van der Waals surface area contributed by atoms with E-state index in [9.17, 15) is 13.2 Å². The largest absolute Gasteiger partial charge is 0.444 e. The van der Waals surface area contributed by atoms with Crippen molar-refractivity contribution in [1.29, 1.82) is 0 Å². The second kappa shape index (κ2) is 10.0. The molecule has 1 saturated heterocycles. The molecule has 194 valence electrons. The molecule has 2 aromatic heterocycles. The standard InChI is InChI=1S/C24H33N7O4S/c1-16(17-7-6-12-30(14-17)36(5,33)34)27-22-25-11-10-21(29-22)31-15-26-19-13-18(8-9-20(19)31)28-23(32)35-24(2,3)4/h8-11,13,15-17H,6-7,12,14H2,1-5H3,(H,28,32)(H,25,27,29). The predicted octanol–water partition coefficient (Wildman–Crippen LogP) is 3.63. The average molecular weight is 516 g/mol. The van der Waals surface area contributed by atoms with Gasteiger partial charge in [-0.05, 0) is 70.7 Å². The van der Waals surface area contributed by atoms with Gasteiger partial charge in [-0.3, -0.25) is 9.88 Å². The number of rotatable bonds is 6. The zero-order valence-corrected chi connectivity index (χ0v) is 22.0. The number of anilines is 2. The van der Waals surface area contributed by atoms with Gasteiger partial charge in [-0.2, -0.15) is 4.98 Å². The minimum atomic E-state index is -3.21. The molecule has 2 N–H and O–H groups in total. The summed E-state index contributed by atoms with van der Waals surface area (Å²) < 4.78 is 32.6. The van der Waals surface area contributed by atoms with Gasteiger partial charge in [0, 0.05) is 31.0 Å². The van der Waals surface area contributed by atoms with Crippen LogP contribution >= 0.6 is 0 Å². The van der Waals surface area contributed by atoms with Gasteiger partial charge >= 0.3 is 6.09 Å². The van der Waals surface area contributed by atoms with Crippen LogP contribution in [0.5, 0.6) is 0 Å². The molecular weight excluding hydrogens is 482 g/mol. The Morgan fingerprint density at radius 1 is 1.22 bits per heavy atom. The first kappa shape index (κ1) is 25.8. The van der Waals surface area contributed by atoms with Crippen LogP contribution in [0.15, 0.2) is 36.8 Å². The lowest BCUT2D eigenvalue weighted by Crippen LogP contribution is -2.44. The molecule has 2 atom stereocenters. The molecule has 36 heavy (non-hydrogen) atoms. The number of hydrogen-bond acceptors (Lipinski definition) is 8. The van der Waals surface area contributed by atoms with Crippen molar-refractivity contribution < 1.29 is 17.9 Å². The molecule has 12 heteroatoms. The Balaban J connectivity index is 1.48.